The fourth-order valence-corrected chi connectivity index (χ4v) is 4.38. The van der Waals surface area contributed by atoms with Crippen molar-refractivity contribution < 1.29 is 14.3 Å². The van der Waals surface area contributed by atoms with Crippen molar-refractivity contribution in [2.45, 2.75) is 25.4 Å². The van der Waals surface area contributed by atoms with Gasteiger partial charge in [0.25, 0.3) is 5.91 Å². The minimum absolute atomic E-state index is 0.0632. The number of benzene rings is 2. The van der Waals surface area contributed by atoms with E-state index >= 15 is 0 Å². The highest BCUT2D eigenvalue weighted by atomic mass is 16.5. The summed E-state index contributed by atoms with van der Waals surface area (Å²) >= 11 is 0. The standard InChI is InChI=1S/C25H24N4O3/c1-18(30)28-15-11-25(12-16-28)17-20(19-7-2-5-10-23(19)32-25)24(31)27-21-8-3-4-9-22(21)29-14-6-13-26-29/h2-10,13-14,17H,11-12,15-16H2,1H3,(H,27,31). The first-order chi connectivity index (χ1) is 15.5. The van der Waals surface area contributed by atoms with E-state index in [4.69, 9.17) is 4.74 Å². The van der Waals surface area contributed by atoms with Crippen LogP contribution in [0.5, 0.6) is 5.75 Å². The van der Waals surface area contributed by atoms with Crippen LogP contribution in [0.3, 0.4) is 0 Å². The Hall–Kier alpha value is -3.87. The third-order valence-corrected chi connectivity index (χ3v) is 6.10. The summed E-state index contributed by atoms with van der Waals surface area (Å²) in [4.78, 5) is 27.1. The van der Waals surface area contributed by atoms with E-state index in [9.17, 15) is 9.59 Å². The fourth-order valence-electron chi connectivity index (χ4n) is 4.38. The summed E-state index contributed by atoms with van der Waals surface area (Å²) in [5.74, 6) is 0.554. The van der Waals surface area contributed by atoms with Gasteiger partial charge in [-0.05, 0) is 30.3 Å². The maximum Gasteiger partial charge on any atom is 0.256 e. The molecule has 2 aliphatic rings. The van der Waals surface area contributed by atoms with Gasteiger partial charge in [0.1, 0.15) is 11.4 Å². The Morgan fingerprint density at radius 1 is 1.03 bits per heavy atom. The van der Waals surface area contributed by atoms with Gasteiger partial charge in [0.15, 0.2) is 0 Å². The number of piperidine rings is 1. The Morgan fingerprint density at radius 3 is 2.53 bits per heavy atom. The van der Waals surface area contributed by atoms with Crippen LogP contribution in [0, 0.1) is 0 Å². The van der Waals surface area contributed by atoms with Gasteiger partial charge in [0, 0.05) is 50.8 Å². The lowest BCUT2D eigenvalue weighted by Crippen LogP contribution is -2.49. The highest BCUT2D eigenvalue weighted by molar-refractivity contribution is 6.26. The van der Waals surface area contributed by atoms with Crippen molar-refractivity contribution >= 4 is 23.1 Å². The topological polar surface area (TPSA) is 76.5 Å². The van der Waals surface area contributed by atoms with Gasteiger partial charge in [-0.1, -0.05) is 30.3 Å². The smallest absolute Gasteiger partial charge is 0.256 e. The molecule has 2 aliphatic heterocycles. The largest absolute Gasteiger partial charge is 0.482 e. The Kier molecular flexibility index (Phi) is 5.01. The van der Waals surface area contributed by atoms with Crippen LogP contribution in [0.15, 0.2) is 73.1 Å². The lowest BCUT2D eigenvalue weighted by Gasteiger charge is -2.42. The molecule has 1 aromatic heterocycles. The molecule has 0 bridgehead atoms. The van der Waals surface area contributed by atoms with Gasteiger partial charge < -0.3 is 15.0 Å². The zero-order chi connectivity index (χ0) is 22.1. The number of hydrogen-bond acceptors (Lipinski definition) is 4. The van der Waals surface area contributed by atoms with Crippen molar-refractivity contribution in [3.05, 3.63) is 78.6 Å². The van der Waals surface area contributed by atoms with Crippen LogP contribution in [0.4, 0.5) is 5.69 Å². The van der Waals surface area contributed by atoms with Gasteiger partial charge in [0.05, 0.1) is 16.9 Å². The lowest BCUT2D eigenvalue weighted by atomic mass is 9.84. The Bertz CT molecular complexity index is 1190. The highest BCUT2D eigenvalue weighted by Crippen LogP contribution is 2.41. The first kappa shape index (κ1) is 20.1. The minimum atomic E-state index is -0.603. The second kappa shape index (κ2) is 8.00. The van der Waals surface area contributed by atoms with Crippen molar-refractivity contribution in [1.29, 1.82) is 0 Å². The summed E-state index contributed by atoms with van der Waals surface area (Å²) in [6.45, 7) is 2.79. The van der Waals surface area contributed by atoms with Gasteiger partial charge in [-0.25, -0.2) is 4.68 Å². The van der Waals surface area contributed by atoms with E-state index in [0.717, 1.165) is 11.3 Å². The molecule has 0 aliphatic carbocycles. The van der Waals surface area contributed by atoms with E-state index in [1.165, 1.54) is 0 Å². The molecular formula is C25H24N4O3. The molecule has 3 heterocycles. The average Bonchev–Trinajstić information content (AvgIpc) is 3.34. The number of anilines is 1. The summed E-state index contributed by atoms with van der Waals surface area (Å²) in [6, 6.07) is 17.0. The number of fused-ring (bicyclic) bond motifs is 1. The molecule has 1 fully saturated rings. The maximum atomic E-state index is 13.5. The van der Waals surface area contributed by atoms with Crippen molar-refractivity contribution in [2.24, 2.45) is 0 Å². The van der Waals surface area contributed by atoms with E-state index in [0.29, 0.717) is 42.9 Å². The molecule has 5 rings (SSSR count). The Labute approximate surface area is 186 Å². The molecule has 0 saturated carbocycles. The number of aromatic nitrogens is 2. The molecule has 0 atom stereocenters. The second-order valence-corrected chi connectivity index (χ2v) is 8.15. The van der Waals surface area contributed by atoms with Crippen LogP contribution in [-0.2, 0) is 9.59 Å². The number of amides is 2. The fraction of sp³-hybridized carbons (Fsp3) is 0.240. The Morgan fingerprint density at radius 2 is 1.78 bits per heavy atom. The van der Waals surface area contributed by atoms with Crippen LogP contribution in [0.25, 0.3) is 11.3 Å². The third-order valence-electron chi connectivity index (χ3n) is 6.10. The normalized spacial score (nSPS) is 16.7. The number of ether oxygens (including phenoxy) is 1. The van der Waals surface area contributed by atoms with Crippen LogP contribution in [0.2, 0.25) is 0 Å². The van der Waals surface area contributed by atoms with Gasteiger partial charge in [0.2, 0.25) is 5.91 Å². The number of nitrogens with zero attached hydrogens (tertiary/aromatic N) is 3. The van der Waals surface area contributed by atoms with Crippen LogP contribution in [0.1, 0.15) is 25.3 Å². The number of rotatable bonds is 3. The number of hydrogen-bond donors (Lipinski definition) is 1. The van der Waals surface area contributed by atoms with E-state index in [1.54, 1.807) is 17.8 Å². The van der Waals surface area contributed by atoms with Crippen molar-refractivity contribution in [3.8, 4) is 11.4 Å². The summed E-state index contributed by atoms with van der Waals surface area (Å²) in [6.07, 6.45) is 6.76. The number of carbonyl (C=O) groups is 2. The highest BCUT2D eigenvalue weighted by Gasteiger charge is 2.40. The van der Waals surface area contributed by atoms with Crippen molar-refractivity contribution in [2.75, 3.05) is 18.4 Å². The zero-order valence-electron chi connectivity index (χ0n) is 17.8. The molecule has 7 nitrogen and oxygen atoms in total. The number of para-hydroxylation sites is 3. The SMILES string of the molecule is CC(=O)N1CCC2(C=C(C(=O)Nc3ccccc3-n3cccn3)c3ccccc3O2)CC1. The van der Waals surface area contributed by atoms with Crippen LogP contribution >= 0.6 is 0 Å². The number of carbonyl (C=O) groups excluding carboxylic acids is 2. The van der Waals surface area contributed by atoms with Crippen molar-refractivity contribution in [3.63, 3.8) is 0 Å². The summed E-state index contributed by atoms with van der Waals surface area (Å²) in [5, 5.41) is 7.36. The molecule has 0 unspecified atom stereocenters. The predicted octanol–water partition coefficient (Wildman–Crippen LogP) is 3.67. The molecule has 2 amide bonds. The predicted molar refractivity (Wildman–Crippen MR) is 121 cm³/mol. The van der Waals surface area contributed by atoms with Gasteiger partial charge >= 0.3 is 0 Å². The molecule has 32 heavy (non-hydrogen) atoms. The zero-order valence-corrected chi connectivity index (χ0v) is 17.8. The van der Waals surface area contributed by atoms with Crippen LogP contribution < -0.4 is 10.1 Å². The van der Waals surface area contributed by atoms with E-state index < -0.39 is 5.60 Å². The van der Waals surface area contributed by atoms with Gasteiger partial charge in [-0.15, -0.1) is 0 Å². The van der Waals surface area contributed by atoms with Gasteiger partial charge in [-0.2, -0.15) is 5.10 Å². The maximum absolute atomic E-state index is 13.5. The molecule has 1 spiro atoms. The first-order valence-corrected chi connectivity index (χ1v) is 10.7. The lowest BCUT2D eigenvalue weighted by molar-refractivity contribution is -0.131. The average molecular weight is 428 g/mol. The van der Waals surface area contributed by atoms with Gasteiger partial charge in [-0.3, -0.25) is 9.59 Å². The molecule has 0 radical (unpaired) electrons. The van der Waals surface area contributed by atoms with E-state index in [1.807, 2.05) is 71.8 Å². The Balaban J connectivity index is 1.48. The third kappa shape index (κ3) is 3.66. The molecular weight excluding hydrogens is 404 g/mol. The van der Waals surface area contributed by atoms with E-state index in [-0.39, 0.29) is 11.8 Å². The molecule has 2 aromatic carbocycles. The molecule has 1 saturated heterocycles. The van der Waals surface area contributed by atoms with E-state index in [2.05, 4.69) is 10.4 Å². The second-order valence-electron chi connectivity index (χ2n) is 8.15. The molecule has 162 valence electrons. The monoisotopic (exact) mass is 428 g/mol. The summed E-state index contributed by atoms with van der Waals surface area (Å²) < 4.78 is 8.12. The number of likely N-dealkylation sites (tertiary alicyclic amines) is 1. The van der Waals surface area contributed by atoms with Crippen LogP contribution in [-0.4, -0.2) is 45.2 Å². The first-order valence-electron chi connectivity index (χ1n) is 10.7. The molecule has 3 aromatic rings. The summed E-state index contributed by atoms with van der Waals surface area (Å²) in [5.41, 5.74) is 2.21. The summed E-state index contributed by atoms with van der Waals surface area (Å²) in [7, 11) is 0. The molecule has 1 N–H and O–H groups in total. The molecule has 7 heteroatoms. The quantitative estimate of drug-likeness (QED) is 0.691. The minimum Gasteiger partial charge on any atom is -0.482 e. The number of nitrogens with one attached hydrogen (secondary N) is 1. The van der Waals surface area contributed by atoms with Crippen molar-refractivity contribution in [1.82, 2.24) is 14.7 Å².